The number of carbonyl (C=O) groups excluding carboxylic acids is 3. The van der Waals surface area contributed by atoms with Gasteiger partial charge in [-0.25, -0.2) is 14.1 Å². The van der Waals surface area contributed by atoms with Crippen molar-refractivity contribution in [1.29, 1.82) is 0 Å². The highest BCUT2D eigenvalue weighted by Crippen LogP contribution is 2.52. The summed E-state index contributed by atoms with van der Waals surface area (Å²) in [5.41, 5.74) is -0.219. The van der Waals surface area contributed by atoms with E-state index in [2.05, 4.69) is 5.32 Å². The van der Waals surface area contributed by atoms with Gasteiger partial charge in [0.1, 0.15) is 5.82 Å². The molecule has 4 amide bonds. The highest BCUT2D eigenvalue weighted by molar-refractivity contribution is 6.30. The number of nitrogens with one attached hydrogen (secondary N) is 1. The van der Waals surface area contributed by atoms with Crippen LogP contribution in [0.2, 0.25) is 0 Å². The zero-order valence-electron chi connectivity index (χ0n) is 18.5. The maximum Gasteiger partial charge on any atom is 0.335 e. The number of nitro groups is 1. The molecule has 1 fully saturated rings. The van der Waals surface area contributed by atoms with Crippen LogP contribution in [0.4, 0.5) is 26.2 Å². The number of carbonyl (C=O) groups is 3. The van der Waals surface area contributed by atoms with Crippen molar-refractivity contribution < 1.29 is 23.7 Å². The van der Waals surface area contributed by atoms with Crippen molar-refractivity contribution in [3.05, 3.63) is 99.9 Å². The summed E-state index contributed by atoms with van der Waals surface area (Å²) in [5, 5.41) is 13.7. The molecule has 1 saturated heterocycles. The third-order valence-corrected chi connectivity index (χ3v) is 6.59. The molecular weight excluding hydrogens is 455 g/mol. The summed E-state index contributed by atoms with van der Waals surface area (Å²) in [6.45, 7) is 0. The quantitative estimate of drug-likeness (QED) is 0.352. The molecule has 35 heavy (non-hydrogen) atoms. The molecule has 2 atom stereocenters. The maximum atomic E-state index is 14.2. The Labute approximate surface area is 198 Å². The Hall–Kier alpha value is -4.60. The second-order valence-electron chi connectivity index (χ2n) is 8.52. The first-order valence-electron chi connectivity index (χ1n) is 10.7. The van der Waals surface area contributed by atoms with Crippen molar-refractivity contribution >= 4 is 34.9 Å². The van der Waals surface area contributed by atoms with Gasteiger partial charge >= 0.3 is 6.03 Å². The lowest BCUT2D eigenvalue weighted by Gasteiger charge is -2.50. The zero-order chi connectivity index (χ0) is 24.9. The molecule has 1 spiro atoms. The minimum absolute atomic E-state index is 0.0973. The van der Waals surface area contributed by atoms with Gasteiger partial charge in [0, 0.05) is 31.3 Å². The van der Waals surface area contributed by atoms with Gasteiger partial charge in [0.05, 0.1) is 16.7 Å². The summed E-state index contributed by atoms with van der Waals surface area (Å²) >= 11 is 0. The van der Waals surface area contributed by atoms with E-state index in [0.717, 1.165) is 17.0 Å². The van der Waals surface area contributed by atoms with E-state index in [1.54, 1.807) is 48.3 Å². The number of anilines is 2. The Morgan fingerprint density at radius 2 is 1.71 bits per heavy atom. The fraction of sp³-hybridized carbons (Fsp3) is 0.160. The van der Waals surface area contributed by atoms with E-state index in [9.17, 15) is 28.9 Å². The summed E-state index contributed by atoms with van der Waals surface area (Å²) < 4.78 is 13.5. The summed E-state index contributed by atoms with van der Waals surface area (Å²) in [4.78, 5) is 54.0. The molecule has 10 heteroatoms. The largest absolute Gasteiger partial charge is 0.366 e. The summed E-state index contributed by atoms with van der Waals surface area (Å²) in [5.74, 6) is -2.15. The SMILES string of the molecule is CN1c2ccc([N+](=O)[O-])cc2C[C@]2(C(=O)NC(=O)N(c3ccc(F)cc3)C2=O)[C@H]1c1ccccc1. The smallest absolute Gasteiger partial charge is 0.335 e. The maximum absolute atomic E-state index is 14.2. The van der Waals surface area contributed by atoms with E-state index in [4.69, 9.17) is 0 Å². The molecule has 0 aromatic heterocycles. The van der Waals surface area contributed by atoms with Gasteiger partial charge in [-0.1, -0.05) is 30.3 Å². The molecule has 0 bridgehead atoms. The van der Waals surface area contributed by atoms with Crippen LogP contribution < -0.4 is 15.1 Å². The lowest BCUT2D eigenvalue weighted by Crippen LogP contribution is -2.69. The van der Waals surface area contributed by atoms with Crippen molar-refractivity contribution in [2.24, 2.45) is 5.41 Å². The first-order chi connectivity index (χ1) is 16.7. The average molecular weight is 474 g/mol. The number of amides is 4. The Bertz CT molecular complexity index is 1380. The molecule has 9 nitrogen and oxygen atoms in total. The summed E-state index contributed by atoms with van der Waals surface area (Å²) in [7, 11) is 1.70. The minimum Gasteiger partial charge on any atom is -0.366 e. The Kier molecular flexibility index (Phi) is 5.08. The van der Waals surface area contributed by atoms with Crippen LogP contribution in [-0.2, 0) is 16.0 Å². The number of nitro benzene ring substituents is 1. The number of nitrogens with zero attached hydrogens (tertiary/aromatic N) is 3. The second-order valence-corrected chi connectivity index (χ2v) is 8.52. The van der Waals surface area contributed by atoms with Crippen molar-refractivity contribution in [3.8, 4) is 0 Å². The average Bonchev–Trinajstić information content (AvgIpc) is 2.84. The Balaban J connectivity index is 1.74. The molecule has 2 aliphatic heterocycles. The van der Waals surface area contributed by atoms with Crippen LogP contribution in [0.5, 0.6) is 0 Å². The van der Waals surface area contributed by atoms with Crippen LogP contribution >= 0.6 is 0 Å². The molecule has 0 unspecified atom stereocenters. The monoisotopic (exact) mass is 474 g/mol. The molecule has 3 aromatic rings. The molecule has 0 aliphatic carbocycles. The number of imide groups is 2. The highest BCUT2D eigenvalue weighted by Gasteiger charge is 2.62. The third kappa shape index (κ3) is 3.33. The summed E-state index contributed by atoms with van der Waals surface area (Å²) in [6, 6.07) is 16.2. The Morgan fingerprint density at radius 3 is 2.37 bits per heavy atom. The van der Waals surface area contributed by atoms with Gasteiger partial charge in [-0.2, -0.15) is 0 Å². The number of halogens is 1. The van der Waals surface area contributed by atoms with Crippen molar-refractivity contribution in [3.63, 3.8) is 0 Å². The number of hydrogen-bond donors (Lipinski definition) is 1. The fourth-order valence-corrected chi connectivity index (χ4v) is 5.06. The molecule has 3 aromatic carbocycles. The van der Waals surface area contributed by atoms with Crippen molar-refractivity contribution in [1.82, 2.24) is 5.32 Å². The zero-order valence-corrected chi connectivity index (χ0v) is 18.5. The summed E-state index contributed by atoms with van der Waals surface area (Å²) in [6.07, 6.45) is -0.177. The third-order valence-electron chi connectivity index (χ3n) is 6.59. The van der Waals surface area contributed by atoms with Gasteiger partial charge in [0.15, 0.2) is 5.41 Å². The van der Waals surface area contributed by atoms with Crippen LogP contribution in [0, 0.1) is 21.3 Å². The fourth-order valence-electron chi connectivity index (χ4n) is 5.06. The van der Waals surface area contributed by atoms with E-state index in [0.29, 0.717) is 16.8 Å². The molecule has 1 N–H and O–H groups in total. The lowest BCUT2D eigenvalue weighted by atomic mass is 9.66. The number of rotatable bonds is 3. The number of fused-ring (bicyclic) bond motifs is 1. The predicted octanol–water partition coefficient (Wildman–Crippen LogP) is 3.74. The highest BCUT2D eigenvalue weighted by atomic mass is 19.1. The lowest BCUT2D eigenvalue weighted by molar-refractivity contribution is -0.384. The molecule has 2 aliphatic rings. The van der Waals surface area contributed by atoms with Crippen LogP contribution in [0.15, 0.2) is 72.8 Å². The van der Waals surface area contributed by atoms with Crippen LogP contribution in [0.1, 0.15) is 17.2 Å². The molecule has 5 rings (SSSR count). The van der Waals surface area contributed by atoms with Gasteiger partial charge in [0.25, 0.3) is 11.6 Å². The Morgan fingerprint density at radius 1 is 1.03 bits per heavy atom. The number of urea groups is 1. The number of hydrogen-bond acceptors (Lipinski definition) is 6. The first kappa shape index (κ1) is 22.2. The first-order valence-corrected chi connectivity index (χ1v) is 10.7. The second kappa shape index (κ2) is 8.01. The van der Waals surface area contributed by atoms with E-state index >= 15 is 0 Å². The van der Waals surface area contributed by atoms with E-state index < -0.39 is 40.0 Å². The van der Waals surface area contributed by atoms with Gasteiger partial charge in [-0.05, 0) is 41.5 Å². The molecule has 0 saturated carbocycles. The molecule has 2 heterocycles. The van der Waals surface area contributed by atoms with Crippen molar-refractivity contribution in [2.45, 2.75) is 12.5 Å². The van der Waals surface area contributed by atoms with Gasteiger partial charge in [-0.15, -0.1) is 0 Å². The number of benzene rings is 3. The van der Waals surface area contributed by atoms with Gasteiger partial charge in [0.2, 0.25) is 5.91 Å². The van der Waals surface area contributed by atoms with E-state index in [1.807, 2.05) is 0 Å². The van der Waals surface area contributed by atoms with Crippen molar-refractivity contribution in [2.75, 3.05) is 16.8 Å². The van der Waals surface area contributed by atoms with Gasteiger partial charge < -0.3 is 4.90 Å². The number of barbiturate groups is 1. The van der Waals surface area contributed by atoms with E-state index in [-0.39, 0.29) is 17.8 Å². The van der Waals surface area contributed by atoms with E-state index in [1.165, 1.54) is 24.3 Å². The van der Waals surface area contributed by atoms with Crippen LogP contribution in [-0.4, -0.2) is 29.8 Å². The van der Waals surface area contributed by atoms with Crippen LogP contribution in [0.3, 0.4) is 0 Å². The number of non-ortho nitro benzene ring substituents is 1. The molecular formula is C25H19FN4O5. The van der Waals surface area contributed by atoms with Gasteiger partial charge in [-0.3, -0.25) is 25.0 Å². The topological polar surface area (TPSA) is 113 Å². The molecule has 176 valence electrons. The minimum atomic E-state index is -1.83. The standard InChI is InChI=1S/C25H19FN4O5/c1-28-20-12-11-19(30(34)35)13-16(20)14-25(21(28)15-5-3-2-4-6-15)22(31)27-24(33)29(23(25)32)18-9-7-17(26)8-10-18/h2-13,21H,14H2,1H3,(H,27,31,33)/t21-,25-/m1/s1. The predicted molar refractivity (Wildman–Crippen MR) is 124 cm³/mol. The van der Waals surface area contributed by atoms with Crippen LogP contribution in [0.25, 0.3) is 0 Å². The molecule has 0 radical (unpaired) electrons. The normalized spacial score (nSPS) is 21.7.